The zero-order chi connectivity index (χ0) is 27.0. The Bertz CT molecular complexity index is 993. The summed E-state index contributed by atoms with van der Waals surface area (Å²) in [6, 6.07) is 0. The van der Waals surface area contributed by atoms with Crippen LogP contribution in [0.25, 0.3) is 0 Å². The molecule has 0 radical (unpaired) electrons. The lowest BCUT2D eigenvalue weighted by atomic mass is 9.53. The summed E-state index contributed by atoms with van der Waals surface area (Å²) in [4.78, 5) is 12.5. The predicted molar refractivity (Wildman–Crippen MR) is 135 cm³/mol. The molecule has 2 aliphatic carbocycles. The van der Waals surface area contributed by atoms with Crippen molar-refractivity contribution in [2.45, 2.75) is 126 Å². The van der Waals surface area contributed by atoms with Gasteiger partial charge < -0.3 is 34.0 Å². The second kappa shape index (κ2) is 7.36. The Kier molecular flexibility index (Phi) is 5.44. The minimum atomic E-state index is -2.31. The summed E-state index contributed by atoms with van der Waals surface area (Å²) in [5.74, 6) is -1.52. The fraction of sp³-hybridized carbons (Fsp3) is 0.889. The highest BCUT2D eigenvalue weighted by Gasteiger charge is 2.84. The average Bonchev–Trinajstić information content (AvgIpc) is 3.35. The monoisotopic (exact) mass is 524 g/mol. The quantitative estimate of drug-likeness (QED) is 0.292. The third kappa shape index (κ3) is 2.85. The maximum Gasteiger partial charge on any atom is 0.509 e. The Balaban J connectivity index is 1.66. The highest BCUT2D eigenvalue weighted by Crippen LogP contribution is 2.71. The van der Waals surface area contributed by atoms with E-state index in [0.717, 1.165) is 0 Å². The standard InChI is InChI=1S/C27H44O8Si/c1-13(2)26-18(28)15(4)27-16(20(26)32-22(30)33-26)12-24(8,35-27)21(29)25(31)17(27)11-14(3)19(25)34-36(9,10)23(5,6)7/h14-21,28-29,31H,1,11-12H2,2-10H3/t14-,15+,16-,17+,18+,19-,20+,21+,24-,25+,26-,27+/m0/s1. The maximum absolute atomic E-state index is 12.6. The molecule has 204 valence electrons. The van der Waals surface area contributed by atoms with Crippen molar-refractivity contribution in [1.82, 2.24) is 0 Å². The first-order chi connectivity index (χ1) is 16.3. The Hall–Kier alpha value is -0.973. The molecule has 12 atom stereocenters. The summed E-state index contributed by atoms with van der Waals surface area (Å²) in [5.41, 5.74) is -4.64. The summed E-state index contributed by atoms with van der Waals surface area (Å²) in [5, 5.41) is 36.2. The van der Waals surface area contributed by atoms with Gasteiger partial charge in [-0.3, -0.25) is 0 Å². The second-order valence-electron chi connectivity index (χ2n) is 14.1. The second-order valence-corrected chi connectivity index (χ2v) is 18.9. The predicted octanol–water partition coefficient (Wildman–Crippen LogP) is 3.53. The van der Waals surface area contributed by atoms with Gasteiger partial charge in [0.25, 0.3) is 0 Å². The highest BCUT2D eigenvalue weighted by molar-refractivity contribution is 6.74. The van der Waals surface area contributed by atoms with Crippen molar-refractivity contribution in [3.05, 3.63) is 12.2 Å². The molecule has 0 aromatic heterocycles. The smallest absolute Gasteiger partial charge is 0.426 e. The van der Waals surface area contributed by atoms with E-state index < -0.39 is 79.0 Å². The van der Waals surface area contributed by atoms with Crippen LogP contribution in [0.15, 0.2) is 12.2 Å². The number of aliphatic hydroxyl groups excluding tert-OH is 2. The molecule has 2 saturated carbocycles. The van der Waals surface area contributed by atoms with E-state index in [4.69, 9.17) is 18.6 Å². The van der Waals surface area contributed by atoms with Crippen LogP contribution in [0.5, 0.6) is 0 Å². The normalized spacial score (nSPS) is 53.8. The van der Waals surface area contributed by atoms with Crippen molar-refractivity contribution in [3.63, 3.8) is 0 Å². The van der Waals surface area contributed by atoms with Gasteiger partial charge in [-0.25, -0.2) is 4.79 Å². The molecular weight excluding hydrogens is 480 g/mol. The summed E-state index contributed by atoms with van der Waals surface area (Å²) in [6.07, 6.45) is -3.72. The van der Waals surface area contributed by atoms with E-state index >= 15 is 0 Å². The van der Waals surface area contributed by atoms with Gasteiger partial charge in [0.1, 0.15) is 17.8 Å². The molecule has 0 unspecified atom stereocenters. The van der Waals surface area contributed by atoms with Crippen LogP contribution >= 0.6 is 0 Å². The molecule has 0 aromatic carbocycles. The molecule has 9 heteroatoms. The van der Waals surface area contributed by atoms with Crippen LogP contribution in [0.3, 0.4) is 0 Å². The first kappa shape index (κ1) is 26.6. The number of ether oxygens (including phenoxy) is 3. The third-order valence-electron chi connectivity index (χ3n) is 11.1. The number of hydrogen-bond donors (Lipinski definition) is 3. The van der Waals surface area contributed by atoms with E-state index in [0.29, 0.717) is 18.4 Å². The molecule has 5 aliphatic rings. The summed E-state index contributed by atoms with van der Waals surface area (Å²) in [6.45, 7) is 22.3. The van der Waals surface area contributed by atoms with Gasteiger partial charge in [-0.2, -0.15) is 0 Å². The van der Waals surface area contributed by atoms with Gasteiger partial charge in [-0.15, -0.1) is 0 Å². The van der Waals surface area contributed by atoms with E-state index in [1.54, 1.807) is 6.92 Å². The number of carbonyl (C=O) groups is 1. The van der Waals surface area contributed by atoms with Crippen LogP contribution in [0.1, 0.15) is 61.3 Å². The molecule has 2 bridgehead atoms. The van der Waals surface area contributed by atoms with Crippen molar-refractivity contribution >= 4 is 14.5 Å². The van der Waals surface area contributed by atoms with Gasteiger partial charge in [0.2, 0.25) is 0 Å². The summed E-state index contributed by atoms with van der Waals surface area (Å²) in [7, 11) is -2.31. The minimum absolute atomic E-state index is 0.0510. The van der Waals surface area contributed by atoms with Crippen molar-refractivity contribution < 1.29 is 38.8 Å². The third-order valence-corrected chi connectivity index (χ3v) is 15.6. The molecular formula is C27H44O8Si. The molecule has 3 heterocycles. The molecule has 3 saturated heterocycles. The minimum Gasteiger partial charge on any atom is -0.426 e. The first-order valence-corrected chi connectivity index (χ1v) is 16.2. The maximum atomic E-state index is 12.6. The van der Waals surface area contributed by atoms with E-state index in [1.807, 2.05) is 13.8 Å². The summed E-state index contributed by atoms with van der Waals surface area (Å²) >= 11 is 0. The number of hydrogen-bond acceptors (Lipinski definition) is 8. The Morgan fingerprint density at radius 1 is 1.22 bits per heavy atom. The molecule has 3 aliphatic heterocycles. The van der Waals surface area contributed by atoms with Crippen LogP contribution in [0, 0.1) is 23.7 Å². The zero-order valence-electron chi connectivity index (χ0n) is 23.1. The molecule has 36 heavy (non-hydrogen) atoms. The van der Waals surface area contributed by atoms with Crippen molar-refractivity contribution in [3.8, 4) is 0 Å². The lowest BCUT2D eigenvalue weighted by Crippen LogP contribution is -2.77. The van der Waals surface area contributed by atoms with Crippen molar-refractivity contribution in [2.75, 3.05) is 0 Å². The highest BCUT2D eigenvalue weighted by atomic mass is 28.4. The fourth-order valence-electron chi connectivity index (χ4n) is 8.35. The van der Waals surface area contributed by atoms with E-state index in [1.165, 1.54) is 0 Å². The number of carbonyl (C=O) groups excluding carboxylic acids is 1. The van der Waals surface area contributed by atoms with Crippen molar-refractivity contribution in [1.29, 1.82) is 0 Å². The zero-order valence-corrected chi connectivity index (χ0v) is 24.1. The van der Waals surface area contributed by atoms with Gasteiger partial charge in [0.05, 0.1) is 17.3 Å². The lowest BCUT2D eigenvalue weighted by molar-refractivity contribution is -0.335. The Labute approximate surface area is 215 Å². The van der Waals surface area contributed by atoms with Gasteiger partial charge in [0, 0.05) is 17.8 Å². The fourth-order valence-corrected chi connectivity index (χ4v) is 9.76. The van der Waals surface area contributed by atoms with Crippen LogP contribution < -0.4 is 0 Å². The van der Waals surface area contributed by atoms with Crippen LogP contribution in [0.4, 0.5) is 4.79 Å². The topological polar surface area (TPSA) is 115 Å². The largest absolute Gasteiger partial charge is 0.509 e. The van der Waals surface area contributed by atoms with Crippen LogP contribution in [-0.2, 0) is 18.6 Å². The molecule has 3 N–H and O–H groups in total. The SMILES string of the molecule is C=C(C)[C@@]12OC(=O)O[C@@H]1[C@@H]1C[C@]3(C)O[C@@]1([C@H](C)[C@H]2O)[C@@H]1C[C@H](C)[C@H](O[Si](C)(C)C(C)(C)C)[C@@]1(O)[C@@H]3O. The van der Waals surface area contributed by atoms with Crippen LogP contribution in [-0.4, -0.2) is 76.6 Å². The molecule has 8 nitrogen and oxygen atoms in total. The van der Waals surface area contributed by atoms with Crippen molar-refractivity contribution in [2.24, 2.45) is 23.7 Å². The Morgan fingerprint density at radius 3 is 2.39 bits per heavy atom. The first-order valence-electron chi connectivity index (χ1n) is 13.3. The Morgan fingerprint density at radius 2 is 1.83 bits per heavy atom. The molecule has 5 fully saturated rings. The van der Waals surface area contributed by atoms with E-state index in [2.05, 4.69) is 47.4 Å². The average molecular weight is 525 g/mol. The van der Waals surface area contributed by atoms with Gasteiger partial charge >= 0.3 is 6.16 Å². The summed E-state index contributed by atoms with van der Waals surface area (Å²) < 4.78 is 25.1. The van der Waals surface area contributed by atoms with Gasteiger partial charge in [-0.1, -0.05) is 41.2 Å². The van der Waals surface area contributed by atoms with Crippen LogP contribution in [0.2, 0.25) is 18.1 Å². The van der Waals surface area contributed by atoms with E-state index in [-0.39, 0.29) is 11.0 Å². The van der Waals surface area contributed by atoms with Gasteiger partial charge in [-0.05, 0) is 56.3 Å². The lowest BCUT2D eigenvalue weighted by Gasteiger charge is -2.62. The van der Waals surface area contributed by atoms with E-state index in [9.17, 15) is 20.1 Å². The molecule has 0 aromatic rings. The number of rotatable bonds is 3. The molecule has 0 amide bonds. The molecule has 1 spiro atoms. The van der Waals surface area contributed by atoms with Gasteiger partial charge in [0.15, 0.2) is 20.0 Å². The number of aliphatic hydroxyl groups is 3. The number of fused-ring (bicyclic) bond motifs is 4. The molecule has 5 rings (SSSR count).